The molecule has 0 aliphatic rings. The highest BCUT2D eigenvalue weighted by Crippen LogP contribution is 2.29. The Morgan fingerprint density at radius 3 is 2.55 bits per heavy atom. The van der Waals surface area contributed by atoms with Gasteiger partial charge in [-0.05, 0) is 49.2 Å². The van der Waals surface area contributed by atoms with Gasteiger partial charge < -0.3 is 9.30 Å². The molecule has 0 fully saturated rings. The van der Waals surface area contributed by atoms with E-state index in [0.29, 0.717) is 27.7 Å². The number of carbonyl (C=O) groups excluding carboxylic acids is 1. The fourth-order valence-corrected chi connectivity index (χ4v) is 4.90. The average molecular weight is 494 g/mol. The van der Waals surface area contributed by atoms with Crippen LogP contribution in [0.4, 0.5) is 0 Å². The zero-order chi connectivity index (χ0) is 21.0. The molecule has 2 aromatic carbocycles. The van der Waals surface area contributed by atoms with Crippen LogP contribution in [0.15, 0.2) is 51.9 Å². The van der Waals surface area contributed by atoms with Gasteiger partial charge in [0.25, 0.3) is 5.91 Å². The number of hydrogen-bond donors (Lipinski definition) is 0. The minimum atomic E-state index is -0.363. The van der Waals surface area contributed by atoms with Gasteiger partial charge in [0, 0.05) is 20.9 Å². The van der Waals surface area contributed by atoms with Crippen LogP contribution in [0.25, 0.3) is 11.3 Å². The van der Waals surface area contributed by atoms with Crippen molar-refractivity contribution in [2.24, 2.45) is 4.99 Å². The van der Waals surface area contributed by atoms with Gasteiger partial charge in [-0.3, -0.25) is 4.79 Å². The summed E-state index contributed by atoms with van der Waals surface area (Å²) in [6, 6.07) is 13.2. The van der Waals surface area contributed by atoms with Crippen molar-refractivity contribution in [3.63, 3.8) is 0 Å². The molecule has 0 unspecified atom stereocenters. The van der Waals surface area contributed by atoms with E-state index in [2.05, 4.69) is 51.5 Å². The number of carbonyl (C=O) groups is 1. The van der Waals surface area contributed by atoms with Crippen LogP contribution in [0.5, 0.6) is 5.75 Å². The molecule has 7 heteroatoms. The molecule has 0 bridgehead atoms. The second kappa shape index (κ2) is 9.74. The van der Waals surface area contributed by atoms with Crippen LogP contribution in [0.3, 0.4) is 0 Å². The number of rotatable bonds is 6. The molecule has 1 heterocycles. The fourth-order valence-electron chi connectivity index (χ4n) is 3.15. The number of aryl methyl sites for hydroxylation is 1. The first-order chi connectivity index (χ1) is 14.0. The van der Waals surface area contributed by atoms with E-state index in [0.717, 1.165) is 28.6 Å². The highest BCUT2D eigenvalue weighted by Gasteiger charge is 2.17. The van der Waals surface area contributed by atoms with Gasteiger partial charge in [-0.15, -0.1) is 11.3 Å². The smallest absolute Gasteiger partial charge is 0.283 e. The Morgan fingerprint density at radius 2 is 1.93 bits per heavy atom. The SMILES string of the molecule is CCCc1sc(=NC(=O)c2cc(Cl)ccc2OC)n(CC)c1-c1ccc(Br)cc1. The molecule has 4 nitrogen and oxygen atoms in total. The molecule has 0 saturated heterocycles. The molecule has 0 N–H and O–H groups in total. The summed E-state index contributed by atoms with van der Waals surface area (Å²) >= 11 is 11.1. The largest absolute Gasteiger partial charge is 0.496 e. The van der Waals surface area contributed by atoms with Crippen LogP contribution in [0, 0.1) is 0 Å². The summed E-state index contributed by atoms with van der Waals surface area (Å²) in [4.78, 5) is 19.3. The predicted molar refractivity (Wildman–Crippen MR) is 123 cm³/mol. The lowest BCUT2D eigenvalue weighted by Crippen LogP contribution is -2.17. The van der Waals surface area contributed by atoms with Crippen molar-refractivity contribution in [3.05, 3.63) is 67.2 Å². The van der Waals surface area contributed by atoms with E-state index in [1.807, 2.05) is 12.1 Å². The topological polar surface area (TPSA) is 43.6 Å². The quantitative estimate of drug-likeness (QED) is 0.401. The molecule has 0 spiro atoms. The van der Waals surface area contributed by atoms with Gasteiger partial charge in [-0.25, -0.2) is 0 Å². The molecule has 152 valence electrons. The van der Waals surface area contributed by atoms with Crippen LogP contribution in [-0.4, -0.2) is 17.6 Å². The molecular weight excluding hydrogens is 472 g/mol. The van der Waals surface area contributed by atoms with Crippen LogP contribution < -0.4 is 9.54 Å². The van der Waals surface area contributed by atoms with E-state index >= 15 is 0 Å². The van der Waals surface area contributed by atoms with Gasteiger partial charge in [0.1, 0.15) is 5.75 Å². The van der Waals surface area contributed by atoms with E-state index < -0.39 is 0 Å². The Labute approximate surface area is 188 Å². The Morgan fingerprint density at radius 1 is 1.21 bits per heavy atom. The van der Waals surface area contributed by atoms with Crippen LogP contribution in [-0.2, 0) is 13.0 Å². The van der Waals surface area contributed by atoms with Crippen molar-refractivity contribution in [3.8, 4) is 17.0 Å². The number of nitrogens with zero attached hydrogens (tertiary/aromatic N) is 2. The molecule has 0 saturated carbocycles. The van der Waals surface area contributed by atoms with Crippen molar-refractivity contribution in [2.75, 3.05) is 7.11 Å². The summed E-state index contributed by atoms with van der Waals surface area (Å²) < 4.78 is 8.45. The van der Waals surface area contributed by atoms with Crippen molar-refractivity contribution in [2.45, 2.75) is 33.2 Å². The number of methoxy groups -OCH3 is 1. The molecule has 29 heavy (non-hydrogen) atoms. The monoisotopic (exact) mass is 492 g/mol. The maximum atomic E-state index is 13.0. The van der Waals surface area contributed by atoms with E-state index in [1.165, 1.54) is 12.0 Å². The molecule has 1 aromatic heterocycles. The zero-order valence-electron chi connectivity index (χ0n) is 16.5. The highest BCUT2D eigenvalue weighted by atomic mass is 79.9. The molecule has 3 rings (SSSR count). The summed E-state index contributed by atoms with van der Waals surface area (Å²) in [5.74, 6) is 0.0999. The summed E-state index contributed by atoms with van der Waals surface area (Å²) in [7, 11) is 1.53. The van der Waals surface area contributed by atoms with Crippen molar-refractivity contribution >= 4 is 44.8 Å². The molecule has 0 aliphatic heterocycles. The lowest BCUT2D eigenvalue weighted by Gasteiger charge is -2.09. The Balaban J connectivity index is 2.17. The summed E-state index contributed by atoms with van der Waals surface area (Å²) in [6.07, 6.45) is 1.95. The number of hydrogen-bond acceptors (Lipinski definition) is 3. The summed E-state index contributed by atoms with van der Waals surface area (Å²) in [6.45, 7) is 4.93. The molecule has 0 radical (unpaired) electrons. The Bertz CT molecular complexity index is 1090. The maximum absolute atomic E-state index is 13.0. The third-order valence-electron chi connectivity index (χ3n) is 4.48. The minimum absolute atomic E-state index is 0.360. The Hall–Kier alpha value is -1.89. The van der Waals surface area contributed by atoms with Crippen LogP contribution >= 0.6 is 38.9 Å². The van der Waals surface area contributed by atoms with Gasteiger partial charge in [-0.2, -0.15) is 4.99 Å². The number of ether oxygens (including phenoxy) is 1. The van der Waals surface area contributed by atoms with Crippen molar-refractivity contribution < 1.29 is 9.53 Å². The first-order valence-corrected chi connectivity index (χ1v) is 11.4. The predicted octanol–water partition coefficient (Wildman–Crippen LogP) is 6.35. The van der Waals surface area contributed by atoms with Gasteiger partial charge in [0.2, 0.25) is 0 Å². The van der Waals surface area contributed by atoms with Gasteiger partial charge in [0.05, 0.1) is 18.4 Å². The van der Waals surface area contributed by atoms with Gasteiger partial charge >= 0.3 is 0 Å². The molecule has 1 amide bonds. The second-order valence-electron chi connectivity index (χ2n) is 6.42. The molecule has 0 atom stereocenters. The van der Waals surface area contributed by atoms with Crippen molar-refractivity contribution in [1.82, 2.24) is 4.57 Å². The van der Waals surface area contributed by atoms with E-state index in [4.69, 9.17) is 16.3 Å². The number of amides is 1. The second-order valence-corrected chi connectivity index (χ2v) is 8.83. The molecule has 3 aromatic rings. The number of thiazole rings is 1. The van der Waals surface area contributed by atoms with Gasteiger partial charge in [0.15, 0.2) is 4.80 Å². The van der Waals surface area contributed by atoms with E-state index in [-0.39, 0.29) is 5.91 Å². The molecule has 0 aliphatic carbocycles. The summed E-state index contributed by atoms with van der Waals surface area (Å²) in [5, 5.41) is 0.473. The first kappa shape index (κ1) is 21.8. The zero-order valence-corrected chi connectivity index (χ0v) is 19.7. The standard InChI is InChI=1S/C22H22BrClN2O2S/c1-4-6-19-20(14-7-9-15(23)10-8-14)26(5-2)22(29-19)25-21(27)17-13-16(24)11-12-18(17)28-3/h7-13H,4-6H2,1-3H3. The first-order valence-electron chi connectivity index (χ1n) is 9.39. The lowest BCUT2D eigenvalue weighted by atomic mass is 10.1. The fraction of sp³-hybridized carbons (Fsp3) is 0.273. The van der Waals surface area contributed by atoms with E-state index in [1.54, 1.807) is 29.5 Å². The van der Waals surface area contributed by atoms with E-state index in [9.17, 15) is 4.79 Å². The maximum Gasteiger partial charge on any atom is 0.283 e. The third-order valence-corrected chi connectivity index (χ3v) is 6.38. The van der Waals surface area contributed by atoms with Crippen LogP contribution in [0.1, 0.15) is 35.5 Å². The lowest BCUT2D eigenvalue weighted by molar-refractivity contribution is 0.0995. The number of benzene rings is 2. The minimum Gasteiger partial charge on any atom is -0.496 e. The van der Waals surface area contributed by atoms with Crippen LogP contribution in [0.2, 0.25) is 5.02 Å². The number of halogens is 2. The van der Waals surface area contributed by atoms with Gasteiger partial charge in [-0.1, -0.05) is 53.0 Å². The number of aromatic nitrogens is 1. The summed E-state index contributed by atoms with van der Waals surface area (Å²) in [5.41, 5.74) is 2.60. The molecular formula is C22H22BrClN2O2S. The normalized spacial score (nSPS) is 11.7. The third kappa shape index (κ3) is 4.82. The highest BCUT2D eigenvalue weighted by molar-refractivity contribution is 9.10. The Kier molecular flexibility index (Phi) is 7.33. The van der Waals surface area contributed by atoms with Crippen molar-refractivity contribution in [1.29, 1.82) is 0 Å². The average Bonchev–Trinajstić information content (AvgIpc) is 3.05.